The quantitative estimate of drug-likeness (QED) is 0.687. The number of nitrogens with two attached hydrogens (primary N) is 1. The van der Waals surface area contributed by atoms with E-state index >= 15 is 0 Å². The molecule has 1 rings (SSSR count). The van der Waals surface area contributed by atoms with Crippen LogP contribution < -0.4 is 16.4 Å². The van der Waals surface area contributed by atoms with Crippen LogP contribution in [0.2, 0.25) is 0 Å². The van der Waals surface area contributed by atoms with E-state index in [4.69, 9.17) is 5.73 Å². The van der Waals surface area contributed by atoms with Gasteiger partial charge in [-0.25, -0.2) is 4.79 Å². The molecular weight excluding hydrogens is 202 g/mol. The number of nitrogens with one attached hydrogen (secondary N) is 2. The average Bonchev–Trinajstić information content (AvgIpc) is 2.17. The van der Waals surface area contributed by atoms with Crippen molar-refractivity contribution < 1.29 is 4.79 Å². The highest BCUT2D eigenvalue weighted by atomic mass is 16.2. The van der Waals surface area contributed by atoms with Crippen molar-refractivity contribution in [2.24, 2.45) is 5.73 Å². The molecule has 0 spiro atoms. The monoisotopic (exact) mass is 227 g/mol. The van der Waals surface area contributed by atoms with Gasteiger partial charge in [-0.3, -0.25) is 0 Å². The Hall–Kier alpha value is -0.770. The summed E-state index contributed by atoms with van der Waals surface area (Å²) in [5, 5.41) is 5.95. The lowest BCUT2D eigenvalue weighted by Crippen LogP contribution is -2.58. The van der Waals surface area contributed by atoms with Crippen molar-refractivity contribution in [2.75, 3.05) is 0 Å². The molecule has 0 saturated heterocycles. The summed E-state index contributed by atoms with van der Waals surface area (Å²) in [4.78, 5) is 11.8. The third-order valence-corrected chi connectivity index (χ3v) is 3.51. The molecule has 0 bridgehead atoms. The fraction of sp³-hybridized carbons (Fsp3) is 0.917. The summed E-state index contributed by atoms with van der Waals surface area (Å²) in [6.07, 6.45) is 5.95. The van der Waals surface area contributed by atoms with Crippen LogP contribution in [0.25, 0.3) is 0 Å². The zero-order chi connectivity index (χ0) is 12.2. The minimum absolute atomic E-state index is 0.0652. The van der Waals surface area contributed by atoms with Crippen molar-refractivity contribution in [3.05, 3.63) is 0 Å². The normalized spacial score (nSPS) is 20.2. The molecule has 16 heavy (non-hydrogen) atoms. The summed E-state index contributed by atoms with van der Waals surface area (Å²) in [5.41, 5.74) is 5.45. The largest absolute Gasteiger partial charge is 0.335 e. The highest BCUT2D eigenvalue weighted by Crippen LogP contribution is 2.17. The van der Waals surface area contributed by atoms with Gasteiger partial charge in [-0.1, -0.05) is 19.3 Å². The number of urea groups is 1. The molecule has 0 aromatic heterocycles. The van der Waals surface area contributed by atoms with Crippen LogP contribution in [0, 0.1) is 0 Å². The molecule has 0 heterocycles. The third-order valence-electron chi connectivity index (χ3n) is 3.51. The standard InChI is InChI=1S/C12H25N3O/c1-9(13)12(2,3)15-11(16)14-10-7-5-4-6-8-10/h9-10H,4-8,13H2,1-3H3,(H2,14,15,16). The smallest absolute Gasteiger partial charge is 0.315 e. The molecule has 4 heteroatoms. The molecule has 0 radical (unpaired) electrons. The van der Waals surface area contributed by atoms with Crippen molar-refractivity contribution in [1.29, 1.82) is 0 Å². The van der Waals surface area contributed by atoms with Crippen molar-refractivity contribution >= 4 is 6.03 Å². The van der Waals surface area contributed by atoms with Crippen LogP contribution in [0.3, 0.4) is 0 Å². The highest BCUT2D eigenvalue weighted by Gasteiger charge is 2.26. The topological polar surface area (TPSA) is 67.1 Å². The maximum Gasteiger partial charge on any atom is 0.315 e. The van der Waals surface area contributed by atoms with E-state index in [0.29, 0.717) is 6.04 Å². The molecule has 1 aliphatic carbocycles. The average molecular weight is 227 g/mol. The molecular formula is C12H25N3O. The van der Waals surface area contributed by atoms with E-state index in [0.717, 1.165) is 12.8 Å². The molecule has 1 atom stereocenters. The Balaban J connectivity index is 2.34. The SMILES string of the molecule is CC(N)C(C)(C)NC(=O)NC1CCCCC1. The second kappa shape index (κ2) is 5.53. The van der Waals surface area contributed by atoms with E-state index in [1.165, 1.54) is 19.3 Å². The first-order chi connectivity index (χ1) is 7.42. The number of carbonyl (C=O) groups excluding carboxylic acids is 1. The molecule has 0 aromatic rings. The molecule has 4 nitrogen and oxygen atoms in total. The lowest BCUT2D eigenvalue weighted by molar-refractivity contribution is 0.217. The van der Waals surface area contributed by atoms with Gasteiger partial charge in [0.05, 0.1) is 5.54 Å². The molecule has 0 aliphatic heterocycles. The molecule has 1 unspecified atom stereocenters. The zero-order valence-corrected chi connectivity index (χ0v) is 10.7. The van der Waals surface area contributed by atoms with Crippen LogP contribution in [0.1, 0.15) is 52.9 Å². The minimum Gasteiger partial charge on any atom is -0.335 e. The lowest BCUT2D eigenvalue weighted by Gasteiger charge is -2.32. The Morgan fingerprint density at radius 1 is 1.31 bits per heavy atom. The van der Waals surface area contributed by atoms with Gasteiger partial charge in [-0.15, -0.1) is 0 Å². The number of hydrogen-bond donors (Lipinski definition) is 3. The van der Waals surface area contributed by atoms with E-state index < -0.39 is 0 Å². The van der Waals surface area contributed by atoms with Crippen LogP contribution in [-0.4, -0.2) is 23.7 Å². The Morgan fingerprint density at radius 3 is 2.38 bits per heavy atom. The van der Waals surface area contributed by atoms with E-state index in [1.807, 2.05) is 20.8 Å². The van der Waals surface area contributed by atoms with Crippen molar-refractivity contribution in [2.45, 2.75) is 70.5 Å². The number of rotatable bonds is 3. The Morgan fingerprint density at radius 2 is 1.88 bits per heavy atom. The number of hydrogen-bond acceptors (Lipinski definition) is 2. The van der Waals surface area contributed by atoms with Gasteiger partial charge in [0.25, 0.3) is 0 Å². The fourth-order valence-electron chi connectivity index (χ4n) is 1.87. The predicted octanol–water partition coefficient (Wildman–Crippen LogP) is 1.74. The van der Waals surface area contributed by atoms with Crippen molar-refractivity contribution in [1.82, 2.24) is 10.6 Å². The number of carbonyl (C=O) groups is 1. The lowest BCUT2D eigenvalue weighted by atomic mass is 9.95. The maximum absolute atomic E-state index is 11.8. The van der Waals surface area contributed by atoms with Gasteiger partial charge < -0.3 is 16.4 Å². The molecule has 1 fully saturated rings. The predicted molar refractivity (Wildman–Crippen MR) is 66.3 cm³/mol. The van der Waals surface area contributed by atoms with Crippen LogP contribution >= 0.6 is 0 Å². The van der Waals surface area contributed by atoms with Gasteiger partial charge >= 0.3 is 6.03 Å². The van der Waals surface area contributed by atoms with Crippen LogP contribution in [-0.2, 0) is 0 Å². The molecule has 4 N–H and O–H groups in total. The van der Waals surface area contributed by atoms with Gasteiger partial charge in [-0.05, 0) is 33.6 Å². The summed E-state index contributed by atoms with van der Waals surface area (Å²) in [7, 11) is 0. The summed E-state index contributed by atoms with van der Waals surface area (Å²) >= 11 is 0. The fourth-order valence-corrected chi connectivity index (χ4v) is 1.87. The molecule has 1 saturated carbocycles. The van der Waals surface area contributed by atoms with Gasteiger partial charge in [0, 0.05) is 12.1 Å². The summed E-state index contributed by atoms with van der Waals surface area (Å²) in [6.45, 7) is 5.79. The number of amides is 2. The van der Waals surface area contributed by atoms with Gasteiger partial charge in [0.2, 0.25) is 0 Å². The molecule has 0 aromatic carbocycles. The first kappa shape index (κ1) is 13.3. The third kappa shape index (κ3) is 4.00. The first-order valence-electron chi connectivity index (χ1n) is 6.26. The van der Waals surface area contributed by atoms with Crippen molar-refractivity contribution in [3.8, 4) is 0 Å². The van der Waals surface area contributed by atoms with E-state index in [9.17, 15) is 4.79 Å². The summed E-state index contributed by atoms with van der Waals surface area (Å²) in [6, 6.07) is 0.191. The van der Waals surface area contributed by atoms with Gasteiger partial charge in [0.1, 0.15) is 0 Å². The van der Waals surface area contributed by atoms with Gasteiger partial charge in [-0.2, -0.15) is 0 Å². The van der Waals surface area contributed by atoms with Crippen LogP contribution in [0.15, 0.2) is 0 Å². The molecule has 2 amide bonds. The maximum atomic E-state index is 11.8. The Labute approximate surface area is 98.3 Å². The summed E-state index contributed by atoms with van der Waals surface area (Å²) in [5.74, 6) is 0. The first-order valence-corrected chi connectivity index (χ1v) is 6.26. The highest BCUT2D eigenvalue weighted by molar-refractivity contribution is 5.75. The summed E-state index contributed by atoms with van der Waals surface area (Å²) < 4.78 is 0. The van der Waals surface area contributed by atoms with E-state index in [1.54, 1.807) is 0 Å². The second-order valence-corrected chi connectivity index (χ2v) is 5.44. The van der Waals surface area contributed by atoms with Crippen LogP contribution in [0.4, 0.5) is 4.79 Å². The molecule has 94 valence electrons. The van der Waals surface area contributed by atoms with E-state index in [-0.39, 0.29) is 17.6 Å². The van der Waals surface area contributed by atoms with Gasteiger partial charge in [0.15, 0.2) is 0 Å². The zero-order valence-electron chi connectivity index (χ0n) is 10.7. The van der Waals surface area contributed by atoms with Crippen molar-refractivity contribution in [3.63, 3.8) is 0 Å². The van der Waals surface area contributed by atoms with E-state index in [2.05, 4.69) is 10.6 Å². The Bertz CT molecular complexity index is 232. The Kier molecular flexibility index (Phi) is 4.59. The van der Waals surface area contributed by atoms with Crippen LogP contribution in [0.5, 0.6) is 0 Å². The molecule has 1 aliphatic rings. The second-order valence-electron chi connectivity index (χ2n) is 5.44. The minimum atomic E-state index is -0.362.